The quantitative estimate of drug-likeness (QED) is 0.746. The van der Waals surface area contributed by atoms with Gasteiger partial charge in [-0.2, -0.15) is 0 Å². The summed E-state index contributed by atoms with van der Waals surface area (Å²) in [5.41, 5.74) is 0.662. The normalized spacial score (nSPS) is 25.0. The first-order valence-electron chi connectivity index (χ1n) is 5.71. The number of hydrogen-bond acceptors (Lipinski definition) is 1. The van der Waals surface area contributed by atoms with Crippen molar-refractivity contribution in [3.63, 3.8) is 0 Å². The Bertz CT molecular complexity index is 676. The lowest BCUT2D eigenvalue weighted by atomic mass is 10.2. The van der Waals surface area contributed by atoms with Crippen molar-refractivity contribution in [3.8, 4) is 0 Å². The van der Waals surface area contributed by atoms with Gasteiger partial charge in [0, 0.05) is 16.8 Å². The molecule has 1 aliphatic heterocycles. The van der Waals surface area contributed by atoms with Gasteiger partial charge in [-0.15, -0.1) is 0 Å². The van der Waals surface area contributed by atoms with Crippen molar-refractivity contribution >= 4 is 37.6 Å². The second kappa shape index (κ2) is 4.44. The van der Waals surface area contributed by atoms with E-state index in [9.17, 15) is 4.79 Å². The lowest BCUT2D eigenvalue weighted by Crippen LogP contribution is -2.20. The molecule has 0 saturated carbocycles. The van der Waals surface area contributed by atoms with Gasteiger partial charge in [0.05, 0.1) is 10.6 Å². The smallest absolute Gasteiger partial charge is 0.264 e. The Hall–Kier alpha value is -1.16. The fourth-order valence-corrected chi connectivity index (χ4v) is 6.27. The van der Waals surface area contributed by atoms with Crippen molar-refractivity contribution in [3.05, 3.63) is 59.1 Å². The van der Waals surface area contributed by atoms with E-state index in [1.807, 2.05) is 42.5 Å². The number of carbonyl (C=O) groups excluding carboxylic acids is 1. The predicted molar refractivity (Wildman–Crippen MR) is 80.0 cm³/mol. The molecular weight excluding hydrogens is 301 g/mol. The minimum absolute atomic E-state index is 0.0551. The van der Waals surface area contributed by atoms with Crippen molar-refractivity contribution in [2.24, 2.45) is 0 Å². The predicted octanol–water partition coefficient (Wildman–Crippen LogP) is 4.72. The van der Waals surface area contributed by atoms with Gasteiger partial charge >= 0.3 is 0 Å². The number of hydrogen-bond donors (Lipinski definition) is 0. The largest absolute Gasteiger partial charge is 0.284 e. The molecule has 2 nitrogen and oxygen atoms in total. The van der Waals surface area contributed by atoms with E-state index >= 15 is 0 Å². The molecule has 0 aromatic heterocycles. The van der Waals surface area contributed by atoms with Gasteiger partial charge in [-0.3, -0.25) is 9.10 Å². The SMILES string of the molecule is CN1C(=O)c2ccccc2S1(Cl)c1ccccc1Cl. The topological polar surface area (TPSA) is 20.3 Å². The zero-order valence-electron chi connectivity index (χ0n) is 10.1. The molecule has 19 heavy (non-hydrogen) atoms. The number of nitrogens with zero attached hydrogens (tertiary/aromatic N) is 1. The minimum Gasteiger partial charge on any atom is -0.284 e. The molecule has 0 saturated heterocycles. The summed E-state index contributed by atoms with van der Waals surface area (Å²) in [6.45, 7) is 0. The summed E-state index contributed by atoms with van der Waals surface area (Å²) in [6.07, 6.45) is 0. The molecule has 0 bridgehead atoms. The van der Waals surface area contributed by atoms with Crippen LogP contribution in [0.1, 0.15) is 10.4 Å². The fraction of sp³-hybridized carbons (Fsp3) is 0.0714. The van der Waals surface area contributed by atoms with E-state index < -0.39 is 9.43 Å². The average Bonchev–Trinajstić information content (AvgIpc) is 2.63. The van der Waals surface area contributed by atoms with Crippen molar-refractivity contribution in [2.75, 3.05) is 7.05 Å². The summed E-state index contributed by atoms with van der Waals surface area (Å²) in [6, 6.07) is 14.9. The number of carbonyl (C=O) groups is 1. The Labute approximate surface area is 122 Å². The highest BCUT2D eigenvalue weighted by Gasteiger charge is 2.44. The maximum absolute atomic E-state index is 12.3. The van der Waals surface area contributed by atoms with Gasteiger partial charge in [0.1, 0.15) is 0 Å². The van der Waals surface area contributed by atoms with Crippen LogP contribution in [0.4, 0.5) is 0 Å². The third-order valence-corrected chi connectivity index (χ3v) is 8.06. The van der Waals surface area contributed by atoms with Crippen molar-refractivity contribution in [2.45, 2.75) is 9.79 Å². The van der Waals surface area contributed by atoms with Crippen LogP contribution < -0.4 is 0 Å². The molecular formula is C14H11Cl2NOS. The van der Waals surface area contributed by atoms with Crippen LogP contribution in [-0.2, 0) is 0 Å². The molecule has 0 N–H and O–H groups in total. The van der Waals surface area contributed by atoms with Gasteiger partial charge in [-0.05, 0) is 44.4 Å². The molecule has 1 aliphatic rings. The monoisotopic (exact) mass is 311 g/mol. The summed E-state index contributed by atoms with van der Waals surface area (Å²) in [5.74, 6) is -0.0551. The third kappa shape index (κ3) is 1.69. The van der Waals surface area contributed by atoms with E-state index in [0.29, 0.717) is 10.6 Å². The Morgan fingerprint density at radius 1 is 1.00 bits per heavy atom. The Morgan fingerprint density at radius 2 is 1.58 bits per heavy atom. The number of benzene rings is 2. The highest BCUT2D eigenvalue weighted by Crippen LogP contribution is 2.73. The number of halogens is 2. The second-order valence-corrected chi connectivity index (χ2v) is 8.43. The van der Waals surface area contributed by atoms with E-state index in [-0.39, 0.29) is 5.91 Å². The van der Waals surface area contributed by atoms with Crippen molar-refractivity contribution in [1.29, 1.82) is 0 Å². The molecule has 0 spiro atoms. The maximum Gasteiger partial charge on any atom is 0.264 e. The van der Waals surface area contributed by atoms with Crippen LogP contribution in [0, 0.1) is 0 Å². The summed E-state index contributed by atoms with van der Waals surface area (Å²) >= 11 is 6.27. The van der Waals surface area contributed by atoms with Crippen molar-refractivity contribution < 1.29 is 4.79 Å². The highest BCUT2D eigenvalue weighted by atomic mass is 35.7. The molecule has 0 radical (unpaired) electrons. The lowest BCUT2D eigenvalue weighted by molar-refractivity contribution is 0.0896. The minimum atomic E-state index is -2.08. The van der Waals surface area contributed by atoms with Crippen LogP contribution in [0.15, 0.2) is 58.3 Å². The molecule has 1 heterocycles. The van der Waals surface area contributed by atoms with E-state index in [0.717, 1.165) is 9.79 Å². The molecule has 5 heteroatoms. The van der Waals surface area contributed by atoms with E-state index in [1.54, 1.807) is 17.4 Å². The first kappa shape index (κ1) is 12.9. The first-order valence-corrected chi connectivity index (χ1v) is 8.51. The van der Waals surface area contributed by atoms with E-state index in [1.165, 1.54) is 0 Å². The van der Waals surface area contributed by atoms with Gasteiger partial charge < -0.3 is 0 Å². The Morgan fingerprint density at radius 3 is 2.26 bits per heavy atom. The summed E-state index contributed by atoms with van der Waals surface area (Å²) < 4.78 is 1.61. The molecule has 1 atom stereocenters. The molecule has 1 amide bonds. The van der Waals surface area contributed by atoms with Crippen LogP contribution in [-0.4, -0.2) is 17.3 Å². The standard InChI is InChI=1S/C14H11Cl2NOS/c1-17-14(18)10-6-2-4-8-12(10)19(17,16)13-9-5-3-7-11(13)15/h2-9H,1H3. The molecule has 0 aliphatic carbocycles. The van der Waals surface area contributed by atoms with Crippen LogP contribution >= 0.6 is 31.7 Å². The zero-order chi connectivity index (χ0) is 13.6. The summed E-state index contributed by atoms with van der Waals surface area (Å²) in [5, 5.41) is 0.587. The van der Waals surface area contributed by atoms with E-state index in [2.05, 4.69) is 0 Å². The lowest BCUT2D eigenvalue weighted by Gasteiger charge is -2.36. The summed E-state index contributed by atoms with van der Waals surface area (Å²) in [7, 11) is 6.54. The number of fused-ring (bicyclic) bond motifs is 1. The van der Waals surface area contributed by atoms with E-state index in [4.69, 9.17) is 22.3 Å². The molecule has 0 fully saturated rings. The number of amides is 1. The zero-order valence-corrected chi connectivity index (χ0v) is 12.5. The van der Waals surface area contributed by atoms with Gasteiger partial charge in [0.25, 0.3) is 5.91 Å². The summed E-state index contributed by atoms with van der Waals surface area (Å²) in [4.78, 5) is 14.0. The Balaban J connectivity index is 2.30. The van der Waals surface area contributed by atoms with Gasteiger partial charge in [-0.25, -0.2) is 0 Å². The maximum atomic E-state index is 12.3. The molecule has 98 valence electrons. The van der Waals surface area contributed by atoms with Crippen molar-refractivity contribution in [1.82, 2.24) is 4.31 Å². The number of rotatable bonds is 1. The molecule has 1 unspecified atom stereocenters. The molecule has 3 rings (SSSR count). The molecule has 2 aromatic carbocycles. The first-order chi connectivity index (χ1) is 9.06. The second-order valence-electron chi connectivity index (χ2n) is 4.24. The van der Waals surface area contributed by atoms with Gasteiger partial charge in [0.2, 0.25) is 0 Å². The van der Waals surface area contributed by atoms with Crippen LogP contribution in [0.5, 0.6) is 0 Å². The fourth-order valence-electron chi connectivity index (χ4n) is 2.24. The van der Waals surface area contributed by atoms with Gasteiger partial charge in [-0.1, -0.05) is 35.9 Å². The van der Waals surface area contributed by atoms with Crippen LogP contribution in [0.3, 0.4) is 0 Å². The Kier molecular flexibility index (Phi) is 3.01. The molecule has 2 aromatic rings. The average molecular weight is 312 g/mol. The third-order valence-electron chi connectivity index (χ3n) is 3.20. The van der Waals surface area contributed by atoms with Crippen LogP contribution in [0.25, 0.3) is 0 Å². The van der Waals surface area contributed by atoms with Crippen LogP contribution in [0.2, 0.25) is 5.02 Å². The van der Waals surface area contributed by atoms with Gasteiger partial charge in [0.15, 0.2) is 0 Å². The highest BCUT2D eigenvalue weighted by molar-refractivity contribution is 8.50.